The predicted molar refractivity (Wildman–Crippen MR) is 69.7 cm³/mol. The van der Waals surface area contributed by atoms with Crippen molar-refractivity contribution in [2.24, 2.45) is 0 Å². The van der Waals surface area contributed by atoms with Crippen molar-refractivity contribution >= 4 is 10.0 Å². The van der Waals surface area contributed by atoms with E-state index in [-0.39, 0.29) is 10.9 Å². The molecule has 1 atom stereocenters. The number of pyridine rings is 1. The molecule has 0 amide bonds. The first-order valence-corrected chi connectivity index (χ1v) is 7.76. The fourth-order valence-corrected chi connectivity index (χ4v) is 4.07. The summed E-state index contributed by atoms with van der Waals surface area (Å²) in [6, 6.07) is 0.944. The number of nitrogens with zero attached hydrogens (tertiary/aromatic N) is 2. The molecule has 19 heavy (non-hydrogen) atoms. The molecule has 0 aliphatic carbocycles. The Morgan fingerprint density at radius 2 is 2.26 bits per heavy atom. The van der Waals surface area contributed by atoms with Crippen LogP contribution in [0.15, 0.2) is 23.4 Å². The first kappa shape index (κ1) is 14.4. The Balaban J connectivity index is 2.31. The normalized spacial score (nSPS) is 21.5. The number of likely N-dealkylation sites (N-methyl/N-ethyl adjacent to an activating group) is 1. The Bertz CT molecular complexity index is 534. The third kappa shape index (κ3) is 3.10. The van der Waals surface area contributed by atoms with Crippen LogP contribution in [0, 0.1) is 5.82 Å². The Kier molecular flexibility index (Phi) is 4.49. The van der Waals surface area contributed by atoms with E-state index in [4.69, 9.17) is 0 Å². The van der Waals surface area contributed by atoms with Gasteiger partial charge in [0.2, 0.25) is 10.0 Å². The van der Waals surface area contributed by atoms with Gasteiger partial charge in [-0.1, -0.05) is 6.42 Å². The van der Waals surface area contributed by atoms with Crippen molar-refractivity contribution in [1.82, 2.24) is 14.6 Å². The molecule has 0 spiro atoms. The molecule has 1 aromatic heterocycles. The van der Waals surface area contributed by atoms with E-state index in [9.17, 15) is 12.8 Å². The zero-order valence-corrected chi connectivity index (χ0v) is 11.7. The second-order valence-corrected chi connectivity index (χ2v) is 6.55. The van der Waals surface area contributed by atoms with Crippen molar-refractivity contribution in [3.63, 3.8) is 0 Å². The molecule has 106 valence electrons. The van der Waals surface area contributed by atoms with Gasteiger partial charge in [0.05, 0.1) is 6.20 Å². The molecular formula is C12H18FN3O2S. The number of piperidine rings is 1. The van der Waals surface area contributed by atoms with E-state index in [1.54, 1.807) is 7.05 Å². The van der Waals surface area contributed by atoms with E-state index >= 15 is 0 Å². The van der Waals surface area contributed by atoms with E-state index in [1.165, 1.54) is 10.5 Å². The van der Waals surface area contributed by atoms with E-state index < -0.39 is 15.8 Å². The molecule has 0 aromatic carbocycles. The van der Waals surface area contributed by atoms with Crippen molar-refractivity contribution in [1.29, 1.82) is 0 Å². The van der Waals surface area contributed by atoms with Gasteiger partial charge in [0.15, 0.2) is 0 Å². The quantitative estimate of drug-likeness (QED) is 0.897. The zero-order chi connectivity index (χ0) is 13.9. The number of aromatic nitrogens is 1. The van der Waals surface area contributed by atoms with Crippen LogP contribution in [0.3, 0.4) is 0 Å². The van der Waals surface area contributed by atoms with Gasteiger partial charge in [-0.05, 0) is 26.0 Å². The Morgan fingerprint density at radius 3 is 2.95 bits per heavy atom. The average molecular weight is 287 g/mol. The largest absolute Gasteiger partial charge is 0.318 e. The lowest BCUT2D eigenvalue weighted by Gasteiger charge is -2.34. The second-order valence-electron chi connectivity index (χ2n) is 4.66. The van der Waals surface area contributed by atoms with E-state index in [1.807, 2.05) is 0 Å². The van der Waals surface area contributed by atoms with Gasteiger partial charge >= 0.3 is 0 Å². The number of nitrogens with one attached hydrogen (secondary N) is 1. The Labute approximate surface area is 112 Å². The van der Waals surface area contributed by atoms with E-state index in [0.29, 0.717) is 13.1 Å². The minimum Gasteiger partial charge on any atom is -0.318 e. The summed E-state index contributed by atoms with van der Waals surface area (Å²) in [5.74, 6) is -0.636. The van der Waals surface area contributed by atoms with Crippen LogP contribution in [0.25, 0.3) is 0 Å². The Hall–Kier alpha value is -1.05. The summed E-state index contributed by atoms with van der Waals surface area (Å²) in [6.07, 6.45) is 4.87. The highest BCUT2D eigenvalue weighted by molar-refractivity contribution is 7.89. The van der Waals surface area contributed by atoms with Gasteiger partial charge in [0.1, 0.15) is 10.7 Å². The average Bonchev–Trinajstić information content (AvgIpc) is 2.39. The molecule has 2 rings (SSSR count). The van der Waals surface area contributed by atoms with Crippen molar-refractivity contribution in [3.8, 4) is 0 Å². The molecule has 1 N–H and O–H groups in total. The van der Waals surface area contributed by atoms with Gasteiger partial charge in [-0.15, -0.1) is 0 Å². The summed E-state index contributed by atoms with van der Waals surface area (Å²) >= 11 is 0. The van der Waals surface area contributed by atoms with Gasteiger partial charge in [-0.2, -0.15) is 4.31 Å². The summed E-state index contributed by atoms with van der Waals surface area (Å²) in [6.45, 7) is 1.08. The Morgan fingerprint density at radius 1 is 1.47 bits per heavy atom. The molecular weight excluding hydrogens is 269 g/mol. The lowest BCUT2D eigenvalue weighted by Crippen LogP contribution is -2.47. The minimum atomic E-state index is -3.67. The maximum Gasteiger partial charge on any atom is 0.245 e. The SMILES string of the molecule is CNC[C@H]1CCCCN1S(=O)(=O)c1cncc(F)c1. The smallest absolute Gasteiger partial charge is 0.245 e. The summed E-state index contributed by atoms with van der Waals surface area (Å²) in [5.41, 5.74) is 0. The second kappa shape index (κ2) is 5.94. The maximum atomic E-state index is 13.2. The van der Waals surface area contributed by atoms with Gasteiger partial charge < -0.3 is 5.32 Å². The third-order valence-electron chi connectivity index (χ3n) is 3.30. The van der Waals surface area contributed by atoms with Crippen LogP contribution < -0.4 is 5.32 Å². The van der Waals surface area contributed by atoms with Gasteiger partial charge in [-0.25, -0.2) is 12.8 Å². The van der Waals surface area contributed by atoms with Crippen molar-refractivity contribution in [2.75, 3.05) is 20.1 Å². The first-order chi connectivity index (χ1) is 9.05. The zero-order valence-electron chi connectivity index (χ0n) is 10.8. The summed E-state index contributed by atoms with van der Waals surface area (Å²) in [7, 11) is -1.87. The minimum absolute atomic E-state index is 0.0736. The lowest BCUT2D eigenvalue weighted by atomic mass is 10.1. The topological polar surface area (TPSA) is 62.3 Å². The van der Waals surface area contributed by atoms with Crippen LogP contribution in [0.2, 0.25) is 0 Å². The molecule has 7 heteroatoms. The number of hydrogen-bond acceptors (Lipinski definition) is 4. The van der Waals surface area contributed by atoms with Crippen LogP contribution >= 0.6 is 0 Å². The van der Waals surface area contributed by atoms with Crippen molar-refractivity contribution in [2.45, 2.75) is 30.2 Å². The summed E-state index contributed by atoms with van der Waals surface area (Å²) in [5, 5.41) is 3.01. The molecule has 0 bridgehead atoms. The number of sulfonamides is 1. The number of hydrogen-bond donors (Lipinski definition) is 1. The van der Waals surface area contributed by atoms with Crippen LogP contribution in [-0.2, 0) is 10.0 Å². The van der Waals surface area contributed by atoms with Crippen molar-refractivity contribution < 1.29 is 12.8 Å². The fourth-order valence-electron chi connectivity index (χ4n) is 2.40. The first-order valence-electron chi connectivity index (χ1n) is 6.32. The van der Waals surface area contributed by atoms with E-state index in [2.05, 4.69) is 10.3 Å². The van der Waals surface area contributed by atoms with Gasteiger partial charge in [0, 0.05) is 25.3 Å². The van der Waals surface area contributed by atoms with Crippen LogP contribution in [0.4, 0.5) is 4.39 Å². The van der Waals surface area contributed by atoms with E-state index in [0.717, 1.165) is 31.5 Å². The third-order valence-corrected chi connectivity index (χ3v) is 5.22. The molecule has 5 nitrogen and oxygen atoms in total. The lowest BCUT2D eigenvalue weighted by molar-refractivity contribution is 0.249. The highest BCUT2D eigenvalue weighted by Crippen LogP contribution is 2.24. The molecule has 0 saturated carbocycles. The summed E-state index contributed by atoms with van der Waals surface area (Å²) in [4.78, 5) is 3.55. The molecule has 1 saturated heterocycles. The highest BCUT2D eigenvalue weighted by Gasteiger charge is 2.33. The number of halogens is 1. The standard InChI is InChI=1S/C12H18FN3O2S/c1-14-8-11-4-2-3-5-16(11)19(17,18)12-6-10(13)7-15-9-12/h6-7,9,11,14H,2-5,8H2,1H3/t11-/m1/s1. The molecule has 1 aliphatic rings. The fraction of sp³-hybridized carbons (Fsp3) is 0.583. The highest BCUT2D eigenvalue weighted by atomic mass is 32.2. The van der Waals surface area contributed by atoms with Crippen LogP contribution in [0.1, 0.15) is 19.3 Å². The van der Waals surface area contributed by atoms with Gasteiger partial charge in [-0.3, -0.25) is 4.98 Å². The van der Waals surface area contributed by atoms with Gasteiger partial charge in [0.25, 0.3) is 0 Å². The molecule has 1 aromatic rings. The van der Waals surface area contributed by atoms with Crippen LogP contribution in [0.5, 0.6) is 0 Å². The van der Waals surface area contributed by atoms with Crippen LogP contribution in [-0.4, -0.2) is 43.9 Å². The van der Waals surface area contributed by atoms with Crippen molar-refractivity contribution in [3.05, 3.63) is 24.3 Å². The molecule has 1 fully saturated rings. The molecule has 1 aliphatic heterocycles. The molecule has 0 unspecified atom stereocenters. The molecule has 0 radical (unpaired) electrons. The molecule has 2 heterocycles. The summed E-state index contributed by atoms with van der Waals surface area (Å²) < 4.78 is 39.6. The monoisotopic (exact) mass is 287 g/mol. The number of rotatable bonds is 4. The predicted octanol–water partition coefficient (Wildman–Crippen LogP) is 0.983. The maximum absolute atomic E-state index is 13.2.